The maximum atomic E-state index is 12.0. The highest BCUT2D eigenvalue weighted by atomic mass is 32.2. The highest BCUT2D eigenvalue weighted by molar-refractivity contribution is 7.89. The minimum absolute atomic E-state index is 0.217. The summed E-state index contributed by atoms with van der Waals surface area (Å²) in [5, 5.41) is 0. The number of benzene rings is 1. The lowest BCUT2D eigenvalue weighted by atomic mass is 10.00. The third-order valence-corrected chi connectivity index (χ3v) is 5.15. The van der Waals surface area contributed by atoms with Crippen molar-refractivity contribution in [2.75, 3.05) is 18.0 Å². The molecule has 0 saturated heterocycles. The van der Waals surface area contributed by atoms with Gasteiger partial charge in [0.25, 0.3) is 0 Å². The van der Waals surface area contributed by atoms with E-state index in [9.17, 15) is 8.42 Å². The number of nitrogens with zero attached hydrogens (tertiary/aromatic N) is 1. The monoisotopic (exact) mass is 254 g/mol. The van der Waals surface area contributed by atoms with E-state index in [0.29, 0.717) is 25.2 Å². The molecule has 0 bridgehead atoms. The molecule has 0 saturated carbocycles. The van der Waals surface area contributed by atoms with Crippen molar-refractivity contribution in [3.63, 3.8) is 0 Å². The first-order valence-electron chi connectivity index (χ1n) is 5.88. The number of hydrogen-bond donors (Lipinski definition) is 1. The van der Waals surface area contributed by atoms with Crippen LogP contribution in [0.15, 0.2) is 18.2 Å². The van der Waals surface area contributed by atoms with Gasteiger partial charge in [0, 0.05) is 18.8 Å². The van der Waals surface area contributed by atoms with Gasteiger partial charge in [-0.1, -0.05) is 19.1 Å². The second kappa shape index (κ2) is 4.66. The Kier molecular flexibility index (Phi) is 3.40. The van der Waals surface area contributed by atoms with Gasteiger partial charge in [-0.2, -0.15) is 4.31 Å². The number of hydrogen-bond acceptors (Lipinski definition) is 3. The second-order valence-electron chi connectivity index (χ2n) is 4.38. The molecule has 94 valence electrons. The van der Waals surface area contributed by atoms with E-state index in [1.807, 2.05) is 25.1 Å². The fraction of sp³-hybridized carbons (Fsp3) is 0.500. The minimum atomic E-state index is -3.12. The van der Waals surface area contributed by atoms with Gasteiger partial charge in [-0.3, -0.25) is 0 Å². The molecule has 5 heteroatoms. The van der Waals surface area contributed by atoms with E-state index in [0.717, 1.165) is 12.0 Å². The third-order valence-electron chi connectivity index (χ3n) is 3.13. The van der Waals surface area contributed by atoms with Crippen LogP contribution in [0.5, 0.6) is 0 Å². The molecule has 1 aliphatic rings. The number of nitrogens with two attached hydrogens (primary N) is 1. The number of fused-ring (bicyclic) bond motifs is 1. The van der Waals surface area contributed by atoms with Crippen LogP contribution in [0.3, 0.4) is 0 Å². The van der Waals surface area contributed by atoms with Gasteiger partial charge in [0.15, 0.2) is 0 Å². The molecule has 1 aliphatic heterocycles. The van der Waals surface area contributed by atoms with E-state index in [-0.39, 0.29) is 5.75 Å². The first-order chi connectivity index (χ1) is 8.04. The fourth-order valence-electron chi connectivity index (χ4n) is 2.21. The highest BCUT2D eigenvalue weighted by Crippen LogP contribution is 2.26. The predicted molar refractivity (Wildman–Crippen MR) is 69.0 cm³/mol. The summed E-state index contributed by atoms with van der Waals surface area (Å²) in [6.07, 6.45) is 1.40. The molecule has 17 heavy (non-hydrogen) atoms. The molecule has 2 rings (SSSR count). The quantitative estimate of drug-likeness (QED) is 0.829. The molecule has 0 amide bonds. The average Bonchev–Trinajstić information content (AvgIpc) is 2.29. The summed E-state index contributed by atoms with van der Waals surface area (Å²) >= 11 is 0. The van der Waals surface area contributed by atoms with Crippen molar-refractivity contribution in [3.8, 4) is 0 Å². The first kappa shape index (κ1) is 12.4. The SMILES string of the molecule is CCCS(=O)(=O)N1CCc2cccc(N)c2C1. The Morgan fingerprint density at radius 2 is 2.18 bits per heavy atom. The van der Waals surface area contributed by atoms with Gasteiger partial charge in [-0.15, -0.1) is 0 Å². The zero-order valence-corrected chi connectivity index (χ0v) is 10.8. The van der Waals surface area contributed by atoms with Crippen LogP contribution in [0, 0.1) is 0 Å². The Morgan fingerprint density at radius 1 is 1.41 bits per heavy atom. The molecule has 1 heterocycles. The number of sulfonamides is 1. The van der Waals surface area contributed by atoms with Crippen LogP contribution < -0.4 is 5.73 Å². The Bertz CT molecular complexity index is 511. The van der Waals surface area contributed by atoms with Crippen molar-refractivity contribution in [2.24, 2.45) is 0 Å². The fourth-order valence-corrected chi connectivity index (χ4v) is 3.68. The average molecular weight is 254 g/mol. The molecule has 2 N–H and O–H groups in total. The zero-order chi connectivity index (χ0) is 12.5. The van der Waals surface area contributed by atoms with Crippen molar-refractivity contribution in [2.45, 2.75) is 26.3 Å². The van der Waals surface area contributed by atoms with Crippen molar-refractivity contribution in [1.29, 1.82) is 0 Å². The Balaban J connectivity index is 2.27. The van der Waals surface area contributed by atoms with Crippen LogP contribution in [0.4, 0.5) is 5.69 Å². The smallest absolute Gasteiger partial charge is 0.214 e. The van der Waals surface area contributed by atoms with Crippen molar-refractivity contribution < 1.29 is 8.42 Å². The molecular weight excluding hydrogens is 236 g/mol. The maximum absolute atomic E-state index is 12.0. The summed E-state index contributed by atoms with van der Waals surface area (Å²) in [7, 11) is -3.12. The standard InChI is InChI=1S/C12H18N2O2S/c1-2-8-17(15,16)14-7-6-10-4-3-5-12(13)11(10)9-14/h3-5H,2,6-9,13H2,1H3. The van der Waals surface area contributed by atoms with Crippen LogP contribution in [0.2, 0.25) is 0 Å². The van der Waals surface area contributed by atoms with E-state index in [1.54, 1.807) is 4.31 Å². The van der Waals surface area contributed by atoms with Crippen LogP contribution in [0.25, 0.3) is 0 Å². The molecular formula is C12H18N2O2S. The largest absolute Gasteiger partial charge is 0.398 e. The summed E-state index contributed by atoms with van der Waals surface area (Å²) in [5.74, 6) is 0.217. The molecule has 0 fully saturated rings. The molecule has 0 aliphatic carbocycles. The van der Waals surface area contributed by atoms with E-state index in [1.165, 1.54) is 5.56 Å². The lowest BCUT2D eigenvalue weighted by Gasteiger charge is -2.28. The van der Waals surface area contributed by atoms with Crippen molar-refractivity contribution >= 4 is 15.7 Å². The maximum Gasteiger partial charge on any atom is 0.214 e. The normalized spacial score (nSPS) is 16.8. The molecule has 0 atom stereocenters. The van der Waals surface area contributed by atoms with Gasteiger partial charge in [0.1, 0.15) is 0 Å². The molecule has 0 aromatic heterocycles. The molecule has 0 unspecified atom stereocenters. The van der Waals surface area contributed by atoms with Gasteiger partial charge in [-0.05, 0) is 30.0 Å². The van der Waals surface area contributed by atoms with Crippen LogP contribution in [-0.4, -0.2) is 25.0 Å². The molecule has 4 nitrogen and oxygen atoms in total. The Hall–Kier alpha value is -1.07. The van der Waals surface area contributed by atoms with Gasteiger partial charge in [0.2, 0.25) is 10.0 Å². The van der Waals surface area contributed by atoms with Gasteiger partial charge < -0.3 is 5.73 Å². The summed E-state index contributed by atoms with van der Waals surface area (Å²) in [5.41, 5.74) is 8.74. The minimum Gasteiger partial charge on any atom is -0.398 e. The number of nitrogen functional groups attached to an aromatic ring is 1. The van der Waals surface area contributed by atoms with Crippen molar-refractivity contribution in [1.82, 2.24) is 4.31 Å². The summed E-state index contributed by atoms with van der Waals surface area (Å²) < 4.78 is 25.5. The van der Waals surface area contributed by atoms with Gasteiger partial charge >= 0.3 is 0 Å². The van der Waals surface area contributed by atoms with Crippen LogP contribution in [0.1, 0.15) is 24.5 Å². The Morgan fingerprint density at radius 3 is 2.88 bits per heavy atom. The number of anilines is 1. The van der Waals surface area contributed by atoms with Gasteiger partial charge in [0.05, 0.1) is 5.75 Å². The van der Waals surface area contributed by atoms with Crippen LogP contribution >= 0.6 is 0 Å². The highest BCUT2D eigenvalue weighted by Gasteiger charge is 2.26. The Labute approximate surface area is 102 Å². The van der Waals surface area contributed by atoms with E-state index in [2.05, 4.69) is 0 Å². The summed E-state index contributed by atoms with van der Waals surface area (Å²) in [4.78, 5) is 0. The lowest BCUT2D eigenvalue weighted by Crippen LogP contribution is -2.37. The zero-order valence-electron chi connectivity index (χ0n) is 10.0. The topological polar surface area (TPSA) is 63.4 Å². The van der Waals surface area contributed by atoms with E-state index in [4.69, 9.17) is 5.73 Å². The van der Waals surface area contributed by atoms with E-state index >= 15 is 0 Å². The second-order valence-corrected chi connectivity index (χ2v) is 6.47. The predicted octanol–water partition coefficient (Wildman–Crippen LogP) is 1.37. The van der Waals surface area contributed by atoms with E-state index < -0.39 is 10.0 Å². The number of rotatable bonds is 3. The van der Waals surface area contributed by atoms with Crippen molar-refractivity contribution in [3.05, 3.63) is 29.3 Å². The lowest BCUT2D eigenvalue weighted by molar-refractivity contribution is 0.392. The van der Waals surface area contributed by atoms with Crippen LogP contribution in [-0.2, 0) is 23.0 Å². The third kappa shape index (κ3) is 2.45. The molecule has 1 aromatic carbocycles. The first-order valence-corrected chi connectivity index (χ1v) is 7.49. The summed E-state index contributed by atoms with van der Waals surface area (Å²) in [6, 6.07) is 5.77. The molecule has 1 aromatic rings. The summed E-state index contributed by atoms with van der Waals surface area (Å²) in [6.45, 7) is 2.87. The van der Waals surface area contributed by atoms with Gasteiger partial charge in [-0.25, -0.2) is 8.42 Å². The molecule has 0 radical (unpaired) electrons. The molecule has 0 spiro atoms.